The van der Waals surface area contributed by atoms with E-state index < -0.39 is 42.3 Å². The Morgan fingerprint density at radius 2 is 2.04 bits per heavy atom. The second-order valence-corrected chi connectivity index (χ2v) is 5.17. The van der Waals surface area contributed by atoms with Gasteiger partial charge in [-0.1, -0.05) is 6.58 Å². The van der Waals surface area contributed by atoms with Crippen molar-refractivity contribution in [1.29, 1.82) is 0 Å². The Morgan fingerprint density at radius 3 is 2.57 bits per heavy atom. The molecule has 1 aromatic rings. The number of aromatic nitrogens is 1. The number of pyridine rings is 1. The molecule has 0 aromatic carbocycles. The lowest BCUT2D eigenvalue weighted by Crippen LogP contribution is -2.65. The summed E-state index contributed by atoms with van der Waals surface area (Å²) in [4.78, 5) is 27.7. The average molecular weight is 331 g/mol. The predicted octanol–water partition coefficient (Wildman–Crippen LogP) is 2.08. The Morgan fingerprint density at radius 1 is 1.43 bits per heavy atom. The number of nitrogens with one attached hydrogen (secondary N) is 1. The summed E-state index contributed by atoms with van der Waals surface area (Å²) >= 11 is 0. The van der Waals surface area contributed by atoms with E-state index >= 15 is 0 Å². The number of carbonyl (C=O) groups excluding carboxylic acids is 2. The molecule has 1 aliphatic heterocycles. The summed E-state index contributed by atoms with van der Waals surface area (Å²) in [5.41, 5.74) is -3.88. The van der Waals surface area contributed by atoms with Gasteiger partial charge in [-0.3, -0.25) is 14.6 Å². The topological polar surface area (TPSA) is 62.3 Å². The van der Waals surface area contributed by atoms with Crippen LogP contribution in [0, 0.1) is 6.92 Å². The summed E-state index contributed by atoms with van der Waals surface area (Å²) in [6, 6.07) is 0.689. The standard InChI is InChI=1S/C14H13F4N3O2/c1-3-11(22)21-6-13(15,7-21)12(23)20-9-4-10(14(16,17)18)8(2)19-5-9/h3-5H,1,6-7H2,2H3,(H,20,23). The summed E-state index contributed by atoms with van der Waals surface area (Å²) in [5, 5.41) is 2.06. The van der Waals surface area contributed by atoms with Crippen LogP contribution in [0.1, 0.15) is 11.3 Å². The van der Waals surface area contributed by atoms with Crippen molar-refractivity contribution in [2.75, 3.05) is 18.4 Å². The molecule has 23 heavy (non-hydrogen) atoms. The third-order valence-electron chi connectivity index (χ3n) is 3.43. The number of halogens is 4. The first kappa shape index (κ1) is 16.9. The first-order valence-corrected chi connectivity index (χ1v) is 6.52. The van der Waals surface area contributed by atoms with Gasteiger partial charge in [0.15, 0.2) is 0 Å². The summed E-state index contributed by atoms with van der Waals surface area (Å²) in [7, 11) is 0. The molecule has 2 heterocycles. The van der Waals surface area contributed by atoms with Crippen LogP contribution in [-0.4, -0.2) is 40.5 Å². The van der Waals surface area contributed by atoms with Crippen LogP contribution in [-0.2, 0) is 15.8 Å². The molecule has 1 N–H and O–H groups in total. The normalized spacial score (nSPS) is 16.5. The Labute approximate surface area is 129 Å². The maximum absolute atomic E-state index is 14.3. The molecule has 2 amide bonds. The fourth-order valence-corrected chi connectivity index (χ4v) is 2.12. The number of hydrogen-bond donors (Lipinski definition) is 1. The first-order valence-electron chi connectivity index (χ1n) is 6.52. The summed E-state index contributed by atoms with van der Waals surface area (Å²) < 4.78 is 52.6. The van der Waals surface area contributed by atoms with E-state index in [1.165, 1.54) is 6.92 Å². The van der Waals surface area contributed by atoms with Crippen molar-refractivity contribution in [3.8, 4) is 0 Å². The second-order valence-electron chi connectivity index (χ2n) is 5.17. The monoisotopic (exact) mass is 331 g/mol. The number of hydrogen-bond acceptors (Lipinski definition) is 3. The van der Waals surface area contributed by atoms with E-state index in [0.29, 0.717) is 6.07 Å². The molecule has 0 saturated carbocycles. The maximum Gasteiger partial charge on any atom is 0.418 e. The highest BCUT2D eigenvalue weighted by Crippen LogP contribution is 2.33. The van der Waals surface area contributed by atoms with Gasteiger partial charge in [-0.2, -0.15) is 13.2 Å². The molecule has 5 nitrogen and oxygen atoms in total. The van der Waals surface area contributed by atoms with Gasteiger partial charge in [0.1, 0.15) is 0 Å². The summed E-state index contributed by atoms with van der Waals surface area (Å²) in [6.45, 7) is 3.46. The van der Waals surface area contributed by atoms with Gasteiger partial charge >= 0.3 is 6.18 Å². The third-order valence-corrected chi connectivity index (χ3v) is 3.43. The van der Waals surface area contributed by atoms with Crippen LogP contribution in [0.25, 0.3) is 0 Å². The minimum Gasteiger partial charge on any atom is -0.331 e. The number of nitrogens with zero attached hydrogens (tertiary/aromatic N) is 2. The van der Waals surface area contributed by atoms with Gasteiger partial charge in [-0.15, -0.1) is 0 Å². The van der Waals surface area contributed by atoms with Crippen molar-refractivity contribution >= 4 is 17.5 Å². The van der Waals surface area contributed by atoms with Crippen LogP contribution in [0.15, 0.2) is 24.9 Å². The van der Waals surface area contributed by atoms with Gasteiger partial charge in [-0.25, -0.2) is 4.39 Å². The number of rotatable bonds is 3. The van der Waals surface area contributed by atoms with Gasteiger partial charge in [0.25, 0.3) is 5.91 Å². The molecule has 0 atom stereocenters. The van der Waals surface area contributed by atoms with E-state index in [1.807, 2.05) is 0 Å². The molecule has 1 saturated heterocycles. The predicted molar refractivity (Wildman–Crippen MR) is 73.2 cm³/mol. The molecular formula is C14H13F4N3O2. The quantitative estimate of drug-likeness (QED) is 0.681. The van der Waals surface area contributed by atoms with Crippen molar-refractivity contribution < 1.29 is 27.2 Å². The zero-order valence-electron chi connectivity index (χ0n) is 12.1. The number of aryl methyl sites for hydroxylation is 1. The Bertz CT molecular complexity index is 666. The van der Waals surface area contributed by atoms with Crippen molar-refractivity contribution in [2.24, 2.45) is 0 Å². The Balaban J connectivity index is 2.10. The number of amides is 2. The third kappa shape index (κ3) is 3.33. The Hall–Kier alpha value is -2.45. The van der Waals surface area contributed by atoms with Crippen molar-refractivity contribution in [3.05, 3.63) is 36.2 Å². The van der Waals surface area contributed by atoms with Crippen LogP contribution in [0.5, 0.6) is 0 Å². The van der Waals surface area contributed by atoms with Gasteiger partial charge in [0.05, 0.1) is 30.5 Å². The fourth-order valence-electron chi connectivity index (χ4n) is 2.12. The molecule has 1 aromatic heterocycles. The van der Waals surface area contributed by atoms with Crippen molar-refractivity contribution in [1.82, 2.24) is 9.88 Å². The van der Waals surface area contributed by atoms with Crippen LogP contribution >= 0.6 is 0 Å². The van der Waals surface area contributed by atoms with Gasteiger partial charge < -0.3 is 10.2 Å². The largest absolute Gasteiger partial charge is 0.418 e. The number of carbonyl (C=O) groups is 2. The lowest BCUT2D eigenvalue weighted by Gasteiger charge is -2.42. The summed E-state index contributed by atoms with van der Waals surface area (Å²) in [5.74, 6) is -1.65. The molecular weight excluding hydrogens is 318 g/mol. The minimum absolute atomic E-state index is 0.253. The van der Waals surface area contributed by atoms with Crippen LogP contribution in [0.2, 0.25) is 0 Å². The number of anilines is 1. The molecule has 9 heteroatoms. The van der Waals surface area contributed by atoms with E-state index in [9.17, 15) is 27.2 Å². The lowest BCUT2D eigenvalue weighted by molar-refractivity contribution is -0.150. The molecule has 1 fully saturated rings. The van der Waals surface area contributed by atoms with Gasteiger partial charge in [0.2, 0.25) is 11.6 Å². The average Bonchev–Trinajstić information content (AvgIpc) is 2.43. The van der Waals surface area contributed by atoms with E-state index in [2.05, 4.69) is 16.9 Å². The van der Waals surface area contributed by atoms with E-state index in [4.69, 9.17) is 0 Å². The molecule has 0 aliphatic carbocycles. The van der Waals surface area contributed by atoms with Gasteiger partial charge in [-0.05, 0) is 19.1 Å². The minimum atomic E-state index is -4.63. The summed E-state index contributed by atoms with van der Waals surface area (Å²) in [6.07, 6.45) is -2.64. The number of likely N-dealkylation sites (tertiary alicyclic amines) is 1. The first-order chi connectivity index (χ1) is 10.6. The van der Waals surface area contributed by atoms with Gasteiger partial charge in [0, 0.05) is 5.69 Å². The van der Waals surface area contributed by atoms with E-state index in [-0.39, 0.29) is 11.4 Å². The highest BCUT2D eigenvalue weighted by atomic mass is 19.4. The zero-order chi connectivity index (χ0) is 17.4. The fraction of sp³-hybridized carbons (Fsp3) is 0.357. The molecule has 1 aliphatic rings. The maximum atomic E-state index is 14.3. The molecule has 0 spiro atoms. The molecule has 0 radical (unpaired) electrons. The van der Waals surface area contributed by atoms with Crippen molar-refractivity contribution in [2.45, 2.75) is 18.8 Å². The molecule has 0 bridgehead atoms. The van der Waals surface area contributed by atoms with Crippen LogP contribution in [0.3, 0.4) is 0 Å². The number of alkyl halides is 4. The molecule has 0 unspecified atom stereocenters. The molecule has 2 rings (SSSR count). The van der Waals surface area contributed by atoms with Crippen LogP contribution < -0.4 is 5.32 Å². The Kier molecular flexibility index (Phi) is 4.14. The second kappa shape index (κ2) is 5.64. The highest BCUT2D eigenvalue weighted by molar-refractivity contribution is 6.00. The lowest BCUT2D eigenvalue weighted by atomic mass is 9.95. The molecule has 124 valence electrons. The van der Waals surface area contributed by atoms with E-state index in [1.54, 1.807) is 0 Å². The smallest absolute Gasteiger partial charge is 0.331 e. The SMILES string of the molecule is C=CC(=O)N1CC(F)(C(=O)Nc2cnc(C)c(C(F)(F)F)c2)C1. The highest BCUT2D eigenvalue weighted by Gasteiger charge is 2.51. The zero-order valence-corrected chi connectivity index (χ0v) is 12.1. The van der Waals surface area contributed by atoms with E-state index in [0.717, 1.165) is 17.2 Å². The van der Waals surface area contributed by atoms with Crippen molar-refractivity contribution in [3.63, 3.8) is 0 Å². The van der Waals surface area contributed by atoms with Crippen LogP contribution in [0.4, 0.5) is 23.2 Å².